The number of hydrogen-bond acceptors (Lipinski definition) is 2. The van der Waals surface area contributed by atoms with Crippen molar-refractivity contribution in [1.29, 1.82) is 0 Å². The van der Waals surface area contributed by atoms with E-state index in [-0.39, 0.29) is 14.9 Å². The third-order valence-corrected chi connectivity index (χ3v) is 1.20. The maximum absolute atomic E-state index is 2.15. The summed E-state index contributed by atoms with van der Waals surface area (Å²) in [5.74, 6) is 0. The molecule has 0 aromatic rings. The highest BCUT2D eigenvalue weighted by molar-refractivity contribution is 7.32. The highest BCUT2D eigenvalue weighted by Gasteiger charge is 1.87. The summed E-state index contributed by atoms with van der Waals surface area (Å²) in [6.07, 6.45) is 0. The molecule has 60 valence electrons. The smallest absolute Gasteiger partial charge is 0.0229 e. The van der Waals surface area contributed by atoms with Gasteiger partial charge in [-0.25, -0.2) is 0 Å². The number of rotatable bonds is 2. The summed E-state index contributed by atoms with van der Waals surface area (Å²) in [6, 6.07) is 0. The van der Waals surface area contributed by atoms with Crippen molar-refractivity contribution in [3.05, 3.63) is 0 Å². The van der Waals surface area contributed by atoms with Crippen molar-refractivity contribution >= 4 is 8.88 Å². The van der Waals surface area contributed by atoms with Crippen LogP contribution in [-0.2, 0) is 0 Å². The van der Waals surface area contributed by atoms with Crippen molar-refractivity contribution in [2.75, 3.05) is 28.2 Å². The van der Waals surface area contributed by atoms with Gasteiger partial charge in [0, 0.05) is 8.88 Å². The molecule has 0 radical (unpaired) electrons. The first-order chi connectivity index (χ1) is 3.13. The topological polar surface area (TPSA) is 6.48 Å². The van der Waals surface area contributed by atoms with Gasteiger partial charge in [-0.3, -0.25) is 9.34 Å². The molecule has 0 aromatic heterocycles. The molecule has 0 aliphatic heterocycles. The molecule has 0 aliphatic rings. The van der Waals surface area contributed by atoms with E-state index >= 15 is 0 Å². The van der Waals surface area contributed by atoms with Crippen LogP contribution in [0, 0.1) is 0 Å². The molecule has 0 atom stereocenters. The number of nitrogens with zero attached hydrogens (tertiary/aromatic N) is 2. The SMILES string of the molecule is C.C.CN(C)PN(C)C. The predicted molar refractivity (Wildman–Crippen MR) is 49.2 cm³/mol. The molecular weight excluding hydrogens is 131 g/mol. The Labute approximate surface area is 62.1 Å². The van der Waals surface area contributed by atoms with E-state index in [0.717, 1.165) is 8.88 Å². The first-order valence-electron chi connectivity index (χ1n) is 2.24. The molecule has 0 saturated heterocycles. The monoisotopic (exact) mass is 152 g/mol. The minimum Gasteiger partial charge on any atom is -0.279 e. The van der Waals surface area contributed by atoms with Gasteiger partial charge in [-0.05, 0) is 28.2 Å². The maximum atomic E-state index is 2.15. The summed E-state index contributed by atoms with van der Waals surface area (Å²) in [6.45, 7) is 0. The molecule has 0 unspecified atom stereocenters. The van der Waals surface area contributed by atoms with Crippen LogP contribution in [0.1, 0.15) is 14.9 Å². The van der Waals surface area contributed by atoms with Crippen LogP contribution in [0.2, 0.25) is 0 Å². The highest BCUT2D eigenvalue weighted by Crippen LogP contribution is 2.13. The Morgan fingerprint density at radius 3 is 1.00 bits per heavy atom. The molecule has 0 bridgehead atoms. The van der Waals surface area contributed by atoms with Crippen molar-refractivity contribution < 1.29 is 0 Å². The Hall–Kier alpha value is 0.350. The lowest BCUT2D eigenvalue weighted by molar-refractivity contribution is 0.596. The average Bonchev–Trinajstić information content (AvgIpc) is 1.27. The average molecular weight is 152 g/mol. The Bertz CT molecular complexity index is 40.3. The quantitative estimate of drug-likeness (QED) is 0.557. The maximum Gasteiger partial charge on any atom is 0.0229 e. The van der Waals surface area contributed by atoms with Gasteiger partial charge in [-0.2, -0.15) is 0 Å². The van der Waals surface area contributed by atoms with Gasteiger partial charge >= 0.3 is 0 Å². The first-order valence-corrected chi connectivity index (χ1v) is 3.13. The largest absolute Gasteiger partial charge is 0.279 e. The Morgan fingerprint density at radius 1 is 0.778 bits per heavy atom. The summed E-state index contributed by atoms with van der Waals surface area (Å²) >= 11 is 0. The predicted octanol–water partition coefficient (Wildman–Crippen LogP) is 1.89. The fourth-order valence-electron chi connectivity index (χ4n) is 0.400. The molecule has 0 saturated carbocycles. The summed E-state index contributed by atoms with van der Waals surface area (Å²) < 4.78 is 4.31. The van der Waals surface area contributed by atoms with E-state index in [1.54, 1.807) is 0 Å². The highest BCUT2D eigenvalue weighted by atomic mass is 31.1. The summed E-state index contributed by atoms with van der Waals surface area (Å²) in [4.78, 5) is 0. The second-order valence-electron chi connectivity index (χ2n) is 1.89. The third-order valence-electron chi connectivity index (χ3n) is 0.400. The zero-order valence-electron chi connectivity index (χ0n) is 5.39. The zero-order chi connectivity index (χ0) is 5.86. The minimum atomic E-state index is 0. The molecule has 0 amide bonds. The second-order valence-corrected chi connectivity index (χ2v) is 3.88. The van der Waals surface area contributed by atoms with Crippen molar-refractivity contribution in [2.24, 2.45) is 0 Å². The van der Waals surface area contributed by atoms with Gasteiger partial charge in [-0.1, -0.05) is 14.9 Å². The fraction of sp³-hybridized carbons (Fsp3) is 1.00. The normalized spacial score (nSPS) is 8.67. The lowest BCUT2D eigenvalue weighted by Crippen LogP contribution is -2.07. The van der Waals surface area contributed by atoms with Crippen LogP contribution >= 0.6 is 8.88 Å². The van der Waals surface area contributed by atoms with E-state index < -0.39 is 0 Å². The molecule has 2 nitrogen and oxygen atoms in total. The van der Waals surface area contributed by atoms with Gasteiger partial charge in [0.05, 0.1) is 0 Å². The third kappa shape index (κ3) is 17.8. The van der Waals surface area contributed by atoms with Crippen molar-refractivity contribution in [3.8, 4) is 0 Å². The molecule has 0 aromatic carbocycles. The van der Waals surface area contributed by atoms with Crippen molar-refractivity contribution in [3.63, 3.8) is 0 Å². The van der Waals surface area contributed by atoms with Crippen molar-refractivity contribution in [2.45, 2.75) is 14.9 Å². The van der Waals surface area contributed by atoms with Gasteiger partial charge in [0.1, 0.15) is 0 Å². The first kappa shape index (κ1) is 16.2. The van der Waals surface area contributed by atoms with E-state index in [1.165, 1.54) is 0 Å². The molecule has 3 heteroatoms. The van der Waals surface area contributed by atoms with Crippen LogP contribution in [0.3, 0.4) is 0 Å². The molecule has 0 fully saturated rings. The standard InChI is InChI=1S/C4H13N2P.2CH4/c1-5(2)7-6(3)4;;/h7H,1-4H3;2*1H4. The van der Waals surface area contributed by atoms with E-state index in [9.17, 15) is 0 Å². The van der Waals surface area contributed by atoms with Gasteiger partial charge in [0.25, 0.3) is 0 Å². The lowest BCUT2D eigenvalue weighted by atomic mass is 11.3. The Balaban J connectivity index is -0.000000180. The zero-order valence-corrected chi connectivity index (χ0v) is 6.39. The summed E-state index contributed by atoms with van der Waals surface area (Å²) in [7, 11) is 9.08. The van der Waals surface area contributed by atoms with E-state index in [0.29, 0.717) is 0 Å². The Morgan fingerprint density at radius 2 is 1.00 bits per heavy atom. The minimum absolute atomic E-state index is 0. The molecular formula is C6H21N2P. The van der Waals surface area contributed by atoms with Crippen LogP contribution in [0.4, 0.5) is 0 Å². The van der Waals surface area contributed by atoms with Crippen LogP contribution in [-0.4, -0.2) is 37.5 Å². The molecule has 0 spiro atoms. The molecule has 0 N–H and O–H groups in total. The second kappa shape index (κ2) is 8.35. The van der Waals surface area contributed by atoms with E-state index in [1.807, 2.05) is 0 Å². The lowest BCUT2D eigenvalue weighted by Gasteiger charge is -2.14. The van der Waals surface area contributed by atoms with Gasteiger partial charge in [0.2, 0.25) is 0 Å². The van der Waals surface area contributed by atoms with Crippen LogP contribution in [0.15, 0.2) is 0 Å². The summed E-state index contributed by atoms with van der Waals surface area (Å²) in [5, 5.41) is 0. The van der Waals surface area contributed by atoms with Crippen LogP contribution in [0.25, 0.3) is 0 Å². The van der Waals surface area contributed by atoms with Crippen LogP contribution in [0.5, 0.6) is 0 Å². The molecule has 9 heavy (non-hydrogen) atoms. The van der Waals surface area contributed by atoms with E-state index in [2.05, 4.69) is 37.5 Å². The number of hydrogen-bond donors (Lipinski definition) is 0. The van der Waals surface area contributed by atoms with Crippen LogP contribution < -0.4 is 0 Å². The van der Waals surface area contributed by atoms with Gasteiger partial charge in [0.15, 0.2) is 0 Å². The Kier molecular flexibility index (Phi) is 15.0. The molecule has 0 rings (SSSR count). The van der Waals surface area contributed by atoms with E-state index in [4.69, 9.17) is 0 Å². The van der Waals surface area contributed by atoms with Gasteiger partial charge < -0.3 is 0 Å². The fourth-order valence-corrected chi connectivity index (χ4v) is 1.20. The van der Waals surface area contributed by atoms with Crippen molar-refractivity contribution in [1.82, 2.24) is 9.34 Å². The van der Waals surface area contributed by atoms with Gasteiger partial charge in [-0.15, -0.1) is 0 Å². The molecule has 0 heterocycles. The summed E-state index contributed by atoms with van der Waals surface area (Å²) in [5.41, 5.74) is 0. The molecule has 0 aliphatic carbocycles.